The van der Waals surface area contributed by atoms with Gasteiger partial charge >= 0.3 is 6.18 Å². The molecule has 2 heterocycles. The molecule has 3 N–H and O–H groups in total. The van der Waals surface area contributed by atoms with Gasteiger partial charge in [-0.15, -0.1) is 0 Å². The summed E-state index contributed by atoms with van der Waals surface area (Å²) in [6.45, 7) is 6.17. The number of halogens is 4. The fourth-order valence-corrected chi connectivity index (χ4v) is 3.88. The van der Waals surface area contributed by atoms with E-state index in [1.807, 2.05) is 13.8 Å². The SMILES string of the molecule is Cc1nc(NCCc2c(C)[nH]c3c(F)ccc(C)c23)cc(Nc2ccc(C(F)(F)F)cc2)n1. The predicted molar refractivity (Wildman–Crippen MR) is 121 cm³/mol. The molecule has 0 aliphatic heterocycles. The number of aromatic nitrogens is 3. The highest BCUT2D eigenvalue weighted by molar-refractivity contribution is 5.88. The Balaban J connectivity index is 1.47. The summed E-state index contributed by atoms with van der Waals surface area (Å²) in [7, 11) is 0. The first-order chi connectivity index (χ1) is 15.6. The number of nitrogens with zero attached hydrogens (tertiary/aromatic N) is 2. The third kappa shape index (κ3) is 4.92. The van der Waals surface area contributed by atoms with E-state index >= 15 is 0 Å². The molecule has 4 aromatic rings. The number of rotatable bonds is 6. The van der Waals surface area contributed by atoms with Gasteiger partial charge < -0.3 is 15.6 Å². The van der Waals surface area contributed by atoms with Gasteiger partial charge in [0.1, 0.15) is 23.3 Å². The second-order valence-electron chi connectivity index (χ2n) is 7.91. The maximum Gasteiger partial charge on any atom is 0.416 e. The predicted octanol–water partition coefficient (Wildman–Crippen LogP) is 6.44. The average Bonchev–Trinajstić information content (AvgIpc) is 3.08. The van der Waals surface area contributed by atoms with Gasteiger partial charge in [-0.25, -0.2) is 14.4 Å². The molecule has 0 bridgehead atoms. The lowest BCUT2D eigenvalue weighted by atomic mass is 10.0. The molecule has 0 spiro atoms. The summed E-state index contributed by atoms with van der Waals surface area (Å²) in [6.07, 6.45) is -3.73. The van der Waals surface area contributed by atoms with E-state index in [1.54, 1.807) is 19.1 Å². The van der Waals surface area contributed by atoms with Gasteiger partial charge in [0.25, 0.3) is 0 Å². The molecule has 2 aromatic carbocycles. The number of nitrogens with one attached hydrogen (secondary N) is 3. The molecular formula is C24H23F4N5. The number of aromatic amines is 1. The van der Waals surface area contributed by atoms with E-state index in [2.05, 4.69) is 25.6 Å². The van der Waals surface area contributed by atoms with E-state index < -0.39 is 11.7 Å². The summed E-state index contributed by atoms with van der Waals surface area (Å²) in [5.74, 6) is 1.28. The molecule has 0 aliphatic rings. The van der Waals surface area contributed by atoms with Crippen molar-refractivity contribution in [3.05, 3.63) is 76.5 Å². The zero-order valence-electron chi connectivity index (χ0n) is 18.4. The van der Waals surface area contributed by atoms with Crippen molar-refractivity contribution in [2.75, 3.05) is 17.2 Å². The molecule has 0 fully saturated rings. The first-order valence-corrected chi connectivity index (χ1v) is 10.4. The quantitative estimate of drug-likeness (QED) is 0.292. The minimum Gasteiger partial charge on any atom is -0.370 e. The lowest BCUT2D eigenvalue weighted by molar-refractivity contribution is -0.137. The van der Waals surface area contributed by atoms with Crippen LogP contribution in [0.25, 0.3) is 10.9 Å². The highest BCUT2D eigenvalue weighted by Crippen LogP contribution is 2.31. The van der Waals surface area contributed by atoms with Gasteiger partial charge in [-0.05, 0) is 68.7 Å². The smallest absolute Gasteiger partial charge is 0.370 e. The number of hydrogen-bond acceptors (Lipinski definition) is 4. The second kappa shape index (κ2) is 8.73. The van der Waals surface area contributed by atoms with E-state index in [9.17, 15) is 17.6 Å². The van der Waals surface area contributed by atoms with Crippen molar-refractivity contribution >= 4 is 28.2 Å². The highest BCUT2D eigenvalue weighted by Gasteiger charge is 2.29. The van der Waals surface area contributed by atoms with Gasteiger partial charge in [-0.3, -0.25) is 0 Å². The van der Waals surface area contributed by atoms with E-state index in [-0.39, 0.29) is 5.82 Å². The number of fused-ring (bicyclic) bond motifs is 1. The van der Waals surface area contributed by atoms with Crippen LogP contribution < -0.4 is 10.6 Å². The van der Waals surface area contributed by atoms with Crippen molar-refractivity contribution in [2.24, 2.45) is 0 Å². The maximum atomic E-state index is 14.2. The topological polar surface area (TPSA) is 65.6 Å². The zero-order valence-corrected chi connectivity index (χ0v) is 18.4. The Kier molecular flexibility index (Phi) is 5.97. The molecule has 0 atom stereocenters. The van der Waals surface area contributed by atoms with E-state index in [4.69, 9.17) is 0 Å². The Hall–Kier alpha value is -3.62. The molecule has 33 heavy (non-hydrogen) atoms. The minimum atomic E-state index is -4.38. The largest absolute Gasteiger partial charge is 0.416 e. The van der Waals surface area contributed by atoms with Crippen LogP contribution in [0.1, 0.15) is 28.2 Å². The van der Waals surface area contributed by atoms with Crippen LogP contribution >= 0.6 is 0 Å². The Morgan fingerprint density at radius 3 is 2.33 bits per heavy atom. The molecule has 0 aliphatic carbocycles. The summed E-state index contributed by atoms with van der Waals surface area (Å²) >= 11 is 0. The monoisotopic (exact) mass is 457 g/mol. The molecular weight excluding hydrogens is 434 g/mol. The Morgan fingerprint density at radius 1 is 0.939 bits per heavy atom. The summed E-state index contributed by atoms with van der Waals surface area (Å²) in [5, 5.41) is 7.17. The van der Waals surface area contributed by atoms with Crippen LogP contribution in [0.15, 0.2) is 42.5 Å². The molecule has 9 heteroatoms. The number of H-pyrrole nitrogens is 1. The van der Waals surface area contributed by atoms with Crippen LogP contribution in [-0.2, 0) is 12.6 Å². The van der Waals surface area contributed by atoms with Gasteiger partial charge in [0.2, 0.25) is 0 Å². The molecule has 172 valence electrons. The van der Waals surface area contributed by atoms with Crippen molar-refractivity contribution in [1.29, 1.82) is 0 Å². The summed E-state index contributed by atoms with van der Waals surface area (Å²) in [4.78, 5) is 11.8. The standard InChI is InChI=1S/C24H23F4N5/c1-13-4-9-19(25)23-22(13)18(14(2)30-23)10-11-29-20-12-21(32-15(3)31-20)33-17-7-5-16(6-8-17)24(26,27)28/h4-9,12,30H,10-11H2,1-3H3,(H2,29,31,32,33). The van der Waals surface area contributed by atoms with Crippen molar-refractivity contribution in [1.82, 2.24) is 15.0 Å². The lowest BCUT2D eigenvalue weighted by Gasteiger charge is -2.12. The molecule has 4 rings (SSSR count). The minimum absolute atomic E-state index is 0.275. The third-order valence-corrected chi connectivity index (χ3v) is 5.43. The molecule has 0 saturated heterocycles. The van der Waals surface area contributed by atoms with Gasteiger partial charge in [0, 0.05) is 29.4 Å². The van der Waals surface area contributed by atoms with Crippen molar-refractivity contribution in [3.63, 3.8) is 0 Å². The average molecular weight is 457 g/mol. The Morgan fingerprint density at radius 2 is 1.64 bits per heavy atom. The molecule has 0 radical (unpaired) electrons. The lowest BCUT2D eigenvalue weighted by Crippen LogP contribution is -2.09. The van der Waals surface area contributed by atoms with Crippen molar-refractivity contribution in [3.8, 4) is 0 Å². The first kappa shape index (κ1) is 22.6. The number of aryl methyl sites for hydroxylation is 3. The number of anilines is 3. The van der Waals surface area contributed by atoms with Crippen molar-refractivity contribution in [2.45, 2.75) is 33.4 Å². The summed E-state index contributed by atoms with van der Waals surface area (Å²) in [5.41, 5.74) is 3.26. The van der Waals surface area contributed by atoms with Crippen LogP contribution in [-0.4, -0.2) is 21.5 Å². The van der Waals surface area contributed by atoms with Crippen LogP contribution in [0.5, 0.6) is 0 Å². The number of alkyl halides is 3. The fourth-order valence-electron chi connectivity index (χ4n) is 3.88. The second-order valence-corrected chi connectivity index (χ2v) is 7.91. The highest BCUT2D eigenvalue weighted by atomic mass is 19.4. The van der Waals surface area contributed by atoms with E-state index in [0.29, 0.717) is 41.6 Å². The van der Waals surface area contributed by atoms with Crippen LogP contribution in [0.3, 0.4) is 0 Å². The molecule has 0 unspecified atom stereocenters. The summed E-state index contributed by atoms with van der Waals surface area (Å²) < 4.78 is 52.4. The maximum absolute atomic E-state index is 14.2. The molecule has 0 saturated carbocycles. The third-order valence-electron chi connectivity index (χ3n) is 5.43. The normalized spacial score (nSPS) is 11.7. The van der Waals surface area contributed by atoms with Gasteiger partial charge in [-0.1, -0.05) is 6.07 Å². The Labute approximate surface area is 188 Å². The van der Waals surface area contributed by atoms with E-state index in [1.165, 1.54) is 18.2 Å². The van der Waals surface area contributed by atoms with Crippen LogP contribution in [0.4, 0.5) is 34.9 Å². The molecule has 0 amide bonds. The Bertz CT molecular complexity index is 1290. The van der Waals surface area contributed by atoms with Crippen LogP contribution in [0.2, 0.25) is 0 Å². The van der Waals surface area contributed by atoms with Crippen molar-refractivity contribution < 1.29 is 17.6 Å². The number of hydrogen-bond donors (Lipinski definition) is 3. The first-order valence-electron chi connectivity index (χ1n) is 10.4. The molecule has 2 aromatic heterocycles. The van der Waals surface area contributed by atoms with Gasteiger partial charge in [-0.2, -0.15) is 13.2 Å². The van der Waals surface area contributed by atoms with Crippen LogP contribution in [0, 0.1) is 26.6 Å². The van der Waals surface area contributed by atoms with Gasteiger partial charge in [0.05, 0.1) is 11.1 Å². The number of benzene rings is 2. The van der Waals surface area contributed by atoms with E-state index in [0.717, 1.165) is 34.3 Å². The summed E-state index contributed by atoms with van der Waals surface area (Å²) in [6, 6.07) is 9.67. The fraction of sp³-hybridized carbons (Fsp3) is 0.250. The molecule has 5 nitrogen and oxygen atoms in total. The van der Waals surface area contributed by atoms with Gasteiger partial charge in [0.15, 0.2) is 0 Å². The zero-order chi connectivity index (χ0) is 23.8.